The van der Waals surface area contributed by atoms with Gasteiger partial charge in [0.05, 0.1) is 7.98 Å². The normalized spacial score (nSPS) is 35.2. The minimum Gasteiger partial charge on any atom is -0.394 e. The summed E-state index contributed by atoms with van der Waals surface area (Å²) in [5.41, 5.74) is 0.428. The Kier molecular flexibility index (Phi) is 4.61. The van der Waals surface area contributed by atoms with Crippen molar-refractivity contribution < 1.29 is 31.0 Å². The fraction of sp³-hybridized carbons (Fsp3) is 0.375. The highest BCUT2D eigenvalue weighted by atomic mass is 16.6. The van der Waals surface area contributed by atoms with Gasteiger partial charge in [0.2, 0.25) is 0 Å². The van der Waals surface area contributed by atoms with Crippen molar-refractivity contribution in [2.75, 3.05) is 6.61 Å². The zero-order chi connectivity index (χ0) is 18.9. The van der Waals surface area contributed by atoms with E-state index in [-0.39, 0.29) is 5.91 Å². The number of carbonyl (C=O) groups is 2. The third-order valence-electron chi connectivity index (χ3n) is 3.92. The molecule has 2 aliphatic heterocycles. The van der Waals surface area contributed by atoms with Crippen LogP contribution in [0.3, 0.4) is 0 Å². The lowest BCUT2D eigenvalue weighted by Crippen LogP contribution is -2.57. The van der Waals surface area contributed by atoms with E-state index in [1.807, 2.05) is 0 Å². The second-order valence-corrected chi connectivity index (χ2v) is 5.58. The molecule has 2 aliphatic rings. The first kappa shape index (κ1) is 16.0. The van der Waals surface area contributed by atoms with E-state index in [0.29, 0.717) is 5.56 Å². The first-order valence-corrected chi connectivity index (χ1v) is 7.63. The van der Waals surface area contributed by atoms with Crippen molar-refractivity contribution in [2.45, 2.75) is 30.7 Å². The minimum absolute atomic E-state index is 0.382. The van der Waals surface area contributed by atoms with Crippen LogP contribution in [0.1, 0.15) is 11.7 Å². The Morgan fingerprint density at radius 2 is 2.04 bits per heavy atom. The van der Waals surface area contributed by atoms with Gasteiger partial charge in [-0.1, -0.05) is 18.2 Å². The van der Waals surface area contributed by atoms with Crippen molar-refractivity contribution in [2.24, 2.45) is 0 Å². The molecule has 1 saturated heterocycles. The first-order chi connectivity index (χ1) is 12.4. The van der Waals surface area contributed by atoms with Gasteiger partial charge in [-0.05, 0) is 18.2 Å². The largest absolute Gasteiger partial charge is 0.394 e. The molecule has 5 atom stereocenters. The molecule has 9 heteroatoms. The topological polar surface area (TPSA) is 131 Å². The van der Waals surface area contributed by atoms with E-state index in [4.69, 9.17) is 6.11 Å². The lowest BCUT2D eigenvalue weighted by molar-refractivity contribution is -0.0662. The molecule has 3 rings (SSSR count). The van der Waals surface area contributed by atoms with Gasteiger partial charge in [-0.3, -0.25) is 9.69 Å². The van der Waals surface area contributed by atoms with E-state index in [2.05, 4.69) is 10.6 Å². The maximum absolute atomic E-state index is 12.3. The zero-order valence-electron chi connectivity index (χ0n) is 14.1. The number of benzene rings is 1. The molecule has 3 amide bonds. The SMILES string of the molecule is [2H][C@]1(CO)O[C@@H](N2C=CC(NC(=O)c3ccccc3)NC2=O)[C@H](O)[C@@H]1O. The number of aliphatic hydroxyl groups excluding tert-OH is 3. The van der Waals surface area contributed by atoms with Crippen molar-refractivity contribution in [3.63, 3.8) is 0 Å². The molecule has 0 aliphatic carbocycles. The Hall–Kier alpha value is -2.46. The number of hydrogen-bond donors (Lipinski definition) is 5. The Balaban J connectivity index is 1.68. The average Bonchev–Trinajstić information content (AvgIpc) is 2.87. The molecule has 5 N–H and O–H groups in total. The predicted molar refractivity (Wildman–Crippen MR) is 85.0 cm³/mol. The molecule has 1 aromatic carbocycles. The van der Waals surface area contributed by atoms with Crippen LogP contribution in [0.25, 0.3) is 0 Å². The Morgan fingerprint density at radius 1 is 1.32 bits per heavy atom. The van der Waals surface area contributed by atoms with Gasteiger partial charge >= 0.3 is 6.03 Å². The summed E-state index contributed by atoms with van der Waals surface area (Å²) in [6, 6.07) is 7.75. The van der Waals surface area contributed by atoms with Crippen LogP contribution < -0.4 is 10.6 Å². The van der Waals surface area contributed by atoms with Gasteiger partial charge in [0.25, 0.3) is 5.91 Å². The van der Waals surface area contributed by atoms with Crippen LogP contribution >= 0.6 is 0 Å². The fourth-order valence-corrected chi connectivity index (χ4v) is 2.59. The summed E-state index contributed by atoms with van der Waals surface area (Å²) in [5.74, 6) is -0.382. The highest BCUT2D eigenvalue weighted by Gasteiger charge is 2.46. The van der Waals surface area contributed by atoms with E-state index in [9.17, 15) is 24.9 Å². The molecule has 0 aromatic heterocycles. The number of ether oxygens (including phenoxy) is 1. The van der Waals surface area contributed by atoms with Crippen LogP contribution in [0.5, 0.6) is 0 Å². The van der Waals surface area contributed by atoms with Gasteiger partial charge in [0.15, 0.2) is 6.23 Å². The van der Waals surface area contributed by atoms with Crippen molar-refractivity contribution >= 4 is 11.9 Å². The number of urea groups is 1. The summed E-state index contributed by atoms with van der Waals surface area (Å²) in [4.78, 5) is 25.3. The minimum atomic E-state index is -2.13. The number of nitrogens with one attached hydrogen (secondary N) is 2. The van der Waals surface area contributed by atoms with E-state index in [1.54, 1.807) is 30.3 Å². The van der Waals surface area contributed by atoms with Crippen LogP contribution in [0, 0.1) is 0 Å². The summed E-state index contributed by atoms with van der Waals surface area (Å²) in [6.07, 6.45) is -4.80. The summed E-state index contributed by atoms with van der Waals surface area (Å²) in [5, 5.41) is 34.1. The summed E-state index contributed by atoms with van der Waals surface area (Å²) >= 11 is 0. The zero-order valence-corrected chi connectivity index (χ0v) is 13.1. The van der Waals surface area contributed by atoms with Crippen LogP contribution in [0.15, 0.2) is 42.6 Å². The van der Waals surface area contributed by atoms with Gasteiger partial charge < -0.3 is 30.7 Å². The van der Waals surface area contributed by atoms with E-state index in [1.165, 1.54) is 12.3 Å². The number of amides is 3. The Morgan fingerprint density at radius 3 is 2.64 bits per heavy atom. The second kappa shape index (κ2) is 7.19. The number of rotatable bonds is 4. The maximum Gasteiger partial charge on any atom is 0.325 e. The highest BCUT2D eigenvalue weighted by Crippen LogP contribution is 2.25. The van der Waals surface area contributed by atoms with Crippen LogP contribution in [-0.2, 0) is 4.74 Å². The smallest absolute Gasteiger partial charge is 0.325 e. The van der Waals surface area contributed by atoms with Gasteiger partial charge in [0.1, 0.15) is 24.5 Å². The Labute approximate surface area is 144 Å². The van der Waals surface area contributed by atoms with Crippen molar-refractivity contribution in [3.8, 4) is 0 Å². The molecule has 2 heterocycles. The van der Waals surface area contributed by atoms with Crippen molar-refractivity contribution in [1.29, 1.82) is 0 Å². The number of hydrogen-bond acceptors (Lipinski definition) is 6. The molecule has 1 unspecified atom stereocenters. The predicted octanol–water partition coefficient (Wildman–Crippen LogP) is -1.28. The fourth-order valence-electron chi connectivity index (χ4n) is 2.59. The molecular weight excluding hydrogens is 330 g/mol. The van der Waals surface area contributed by atoms with E-state index >= 15 is 0 Å². The maximum atomic E-state index is 12.3. The third-order valence-corrected chi connectivity index (χ3v) is 3.92. The monoisotopic (exact) mass is 350 g/mol. The summed E-state index contributed by atoms with van der Waals surface area (Å²) in [7, 11) is 0. The van der Waals surface area contributed by atoms with Gasteiger partial charge in [0, 0.05) is 11.8 Å². The van der Waals surface area contributed by atoms with Gasteiger partial charge in [-0.15, -0.1) is 0 Å². The second-order valence-electron chi connectivity index (χ2n) is 5.58. The third kappa shape index (κ3) is 3.49. The van der Waals surface area contributed by atoms with Crippen LogP contribution in [0.4, 0.5) is 4.79 Å². The molecule has 0 radical (unpaired) electrons. The Bertz CT molecular complexity index is 717. The lowest BCUT2D eigenvalue weighted by atomic mass is 10.1. The van der Waals surface area contributed by atoms with Crippen molar-refractivity contribution in [3.05, 3.63) is 48.2 Å². The number of carbonyl (C=O) groups excluding carboxylic acids is 2. The molecule has 9 nitrogen and oxygen atoms in total. The molecular formula is C16H19N3O6. The molecule has 0 saturated carbocycles. The molecule has 1 aromatic rings. The molecule has 0 bridgehead atoms. The lowest BCUT2D eigenvalue weighted by Gasteiger charge is -2.32. The standard InChI is InChI=1S/C16H19N3O6/c20-8-10-12(21)13(22)15(25-10)19-7-6-11(18-16(19)24)17-14(23)9-4-2-1-3-5-9/h1-7,10-13,15,20-22H,8H2,(H,17,23)(H,18,24)/t10-,11?,12-,13-,15-/m1/s1/i10D. The van der Waals surface area contributed by atoms with Crippen LogP contribution in [0.2, 0.25) is 0 Å². The van der Waals surface area contributed by atoms with Gasteiger partial charge in [-0.2, -0.15) is 0 Å². The van der Waals surface area contributed by atoms with Gasteiger partial charge in [-0.25, -0.2) is 4.79 Å². The molecule has 134 valence electrons. The van der Waals surface area contributed by atoms with Crippen molar-refractivity contribution in [1.82, 2.24) is 15.5 Å². The molecule has 1 fully saturated rings. The first-order valence-electron chi connectivity index (χ1n) is 8.13. The molecule has 25 heavy (non-hydrogen) atoms. The highest BCUT2D eigenvalue weighted by molar-refractivity contribution is 5.94. The number of aliphatic hydroxyl groups is 3. The van der Waals surface area contributed by atoms with Crippen LogP contribution in [-0.4, -0.2) is 69.4 Å². The summed E-state index contributed by atoms with van der Waals surface area (Å²) in [6.45, 7) is -0.851. The quantitative estimate of drug-likeness (QED) is 0.460. The van der Waals surface area contributed by atoms with E-state index < -0.39 is 43.3 Å². The summed E-state index contributed by atoms with van der Waals surface area (Å²) < 4.78 is 12.9. The van der Waals surface area contributed by atoms with E-state index in [0.717, 1.165) is 4.90 Å². The molecule has 0 spiro atoms. The average molecular weight is 350 g/mol. The number of nitrogens with zero attached hydrogens (tertiary/aromatic N) is 1.